The fourth-order valence-electron chi connectivity index (χ4n) is 4.09. The second-order valence-electron chi connectivity index (χ2n) is 7.98. The van der Waals surface area contributed by atoms with Gasteiger partial charge in [0.2, 0.25) is 5.78 Å². The highest BCUT2D eigenvalue weighted by molar-refractivity contribution is 6.22. The first-order valence-electron chi connectivity index (χ1n) is 10.7. The number of carbonyl (C=O) groups is 5. The number of imide groups is 1. The molecule has 0 bridgehead atoms. The molecule has 2 amide bonds. The number of aryl methyl sites for hydroxylation is 1. The SMILES string of the molecule is COC(=O)c1ccc(-n2c(C)cc(C(=O)COC(=O)CN3C(=O)c4ccccc4C3=O)c2C)cc1. The number of methoxy groups -OCH3 is 1. The van der Waals surface area contributed by atoms with E-state index in [9.17, 15) is 24.0 Å². The van der Waals surface area contributed by atoms with E-state index < -0.39 is 42.7 Å². The summed E-state index contributed by atoms with van der Waals surface area (Å²) in [5.74, 6) is -2.88. The molecule has 2 heterocycles. The molecule has 35 heavy (non-hydrogen) atoms. The Balaban J connectivity index is 1.42. The number of benzene rings is 2. The lowest BCUT2D eigenvalue weighted by Gasteiger charge is -2.13. The molecule has 0 N–H and O–H groups in total. The van der Waals surface area contributed by atoms with Crippen LogP contribution in [0.2, 0.25) is 0 Å². The molecule has 0 aliphatic carbocycles. The van der Waals surface area contributed by atoms with Gasteiger partial charge < -0.3 is 14.0 Å². The maximum Gasteiger partial charge on any atom is 0.337 e. The maximum absolute atomic E-state index is 12.8. The van der Waals surface area contributed by atoms with Gasteiger partial charge in [0.1, 0.15) is 6.54 Å². The van der Waals surface area contributed by atoms with E-state index in [0.29, 0.717) is 16.8 Å². The van der Waals surface area contributed by atoms with Crippen LogP contribution in [0.5, 0.6) is 0 Å². The zero-order valence-corrected chi connectivity index (χ0v) is 19.4. The Bertz CT molecular complexity index is 1330. The van der Waals surface area contributed by atoms with Crippen LogP contribution in [0.4, 0.5) is 0 Å². The van der Waals surface area contributed by atoms with E-state index >= 15 is 0 Å². The minimum absolute atomic E-state index is 0.230. The molecule has 9 heteroatoms. The van der Waals surface area contributed by atoms with Crippen molar-refractivity contribution < 1.29 is 33.4 Å². The molecule has 2 aromatic carbocycles. The van der Waals surface area contributed by atoms with Crippen molar-refractivity contribution in [3.05, 3.63) is 88.2 Å². The van der Waals surface area contributed by atoms with Gasteiger partial charge in [-0.1, -0.05) is 12.1 Å². The first kappa shape index (κ1) is 23.6. The normalized spacial score (nSPS) is 12.5. The van der Waals surface area contributed by atoms with Gasteiger partial charge in [0.15, 0.2) is 6.61 Å². The Morgan fingerprint density at radius 1 is 0.886 bits per heavy atom. The van der Waals surface area contributed by atoms with E-state index in [1.54, 1.807) is 49.4 Å². The number of rotatable bonds is 7. The zero-order valence-electron chi connectivity index (χ0n) is 19.4. The molecular formula is C26H22N2O7. The molecule has 1 aromatic heterocycles. The summed E-state index contributed by atoms with van der Waals surface area (Å²) < 4.78 is 11.6. The van der Waals surface area contributed by atoms with Crippen LogP contribution in [0.25, 0.3) is 5.69 Å². The summed E-state index contributed by atoms with van der Waals surface area (Å²) in [4.78, 5) is 62.4. The van der Waals surface area contributed by atoms with E-state index in [1.165, 1.54) is 19.2 Å². The van der Waals surface area contributed by atoms with Gasteiger partial charge in [-0.15, -0.1) is 0 Å². The number of aromatic nitrogens is 1. The lowest BCUT2D eigenvalue weighted by atomic mass is 10.1. The van der Waals surface area contributed by atoms with Crippen molar-refractivity contribution in [2.45, 2.75) is 13.8 Å². The number of ketones is 1. The summed E-state index contributed by atoms with van der Waals surface area (Å²) in [6, 6.07) is 14.7. The lowest BCUT2D eigenvalue weighted by Crippen LogP contribution is -2.36. The Morgan fingerprint density at radius 3 is 2.06 bits per heavy atom. The molecule has 0 spiro atoms. The minimum atomic E-state index is -0.861. The monoisotopic (exact) mass is 474 g/mol. The highest BCUT2D eigenvalue weighted by Crippen LogP contribution is 2.23. The van der Waals surface area contributed by atoms with Crippen molar-refractivity contribution in [3.63, 3.8) is 0 Å². The van der Waals surface area contributed by atoms with E-state index in [-0.39, 0.29) is 11.1 Å². The molecule has 1 aliphatic rings. The summed E-state index contributed by atoms with van der Waals surface area (Å²) in [6.45, 7) is 2.47. The summed E-state index contributed by atoms with van der Waals surface area (Å²) in [6.07, 6.45) is 0. The number of hydrogen-bond acceptors (Lipinski definition) is 7. The molecule has 4 rings (SSSR count). The average molecular weight is 474 g/mol. The van der Waals surface area contributed by atoms with Gasteiger partial charge >= 0.3 is 11.9 Å². The largest absolute Gasteiger partial charge is 0.465 e. The summed E-state index contributed by atoms with van der Waals surface area (Å²) in [5, 5.41) is 0. The Morgan fingerprint density at radius 2 is 1.49 bits per heavy atom. The van der Waals surface area contributed by atoms with Gasteiger partial charge in [0.25, 0.3) is 11.8 Å². The van der Waals surface area contributed by atoms with E-state index in [2.05, 4.69) is 0 Å². The number of hydrogen-bond donors (Lipinski definition) is 0. The summed E-state index contributed by atoms with van der Waals surface area (Å²) in [5.41, 5.74) is 3.38. The number of nitrogens with zero attached hydrogens (tertiary/aromatic N) is 2. The summed E-state index contributed by atoms with van der Waals surface area (Å²) in [7, 11) is 1.31. The minimum Gasteiger partial charge on any atom is -0.465 e. The zero-order chi connectivity index (χ0) is 25.3. The van der Waals surface area contributed by atoms with Gasteiger partial charge in [-0.05, 0) is 56.3 Å². The standard InChI is InChI=1S/C26H22N2O7/c1-15-12-21(16(2)28(15)18-10-8-17(9-11-18)26(33)34-3)22(29)14-35-23(30)13-27-24(31)19-6-4-5-7-20(19)25(27)32/h4-12H,13-14H2,1-3H3. The Labute approximate surface area is 200 Å². The predicted octanol–water partition coefficient (Wildman–Crippen LogP) is 2.90. The number of fused-ring (bicyclic) bond motifs is 1. The molecule has 0 saturated carbocycles. The average Bonchev–Trinajstić information content (AvgIpc) is 3.30. The van der Waals surface area contributed by atoms with Crippen molar-refractivity contribution in [2.75, 3.05) is 20.3 Å². The summed E-state index contributed by atoms with van der Waals surface area (Å²) >= 11 is 0. The van der Waals surface area contributed by atoms with E-state index in [4.69, 9.17) is 9.47 Å². The van der Waals surface area contributed by atoms with Crippen molar-refractivity contribution >= 4 is 29.5 Å². The van der Waals surface area contributed by atoms with Gasteiger partial charge in [-0.25, -0.2) is 4.79 Å². The Kier molecular flexibility index (Phi) is 6.33. The van der Waals surface area contributed by atoms with Crippen LogP contribution < -0.4 is 0 Å². The highest BCUT2D eigenvalue weighted by Gasteiger charge is 2.36. The van der Waals surface area contributed by atoms with E-state index in [0.717, 1.165) is 16.3 Å². The van der Waals surface area contributed by atoms with Crippen LogP contribution in [-0.2, 0) is 14.3 Å². The second kappa shape index (κ2) is 9.38. The van der Waals surface area contributed by atoms with Crippen LogP contribution in [0.1, 0.15) is 52.8 Å². The molecule has 0 radical (unpaired) electrons. The molecule has 9 nitrogen and oxygen atoms in total. The third-order valence-corrected chi connectivity index (χ3v) is 5.81. The quantitative estimate of drug-likeness (QED) is 0.294. The first-order chi connectivity index (χ1) is 16.7. The third kappa shape index (κ3) is 4.35. The van der Waals surface area contributed by atoms with Crippen LogP contribution in [0, 0.1) is 13.8 Å². The van der Waals surface area contributed by atoms with Crippen molar-refractivity contribution in [3.8, 4) is 5.69 Å². The van der Waals surface area contributed by atoms with Gasteiger partial charge in [-0.2, -0.15) is 0 Å². The number of carbonyl (C=O) groups excluding carboxylic acids is 5. The molecule has 0 fully saturated rings. The molecule has 0 atom stereocenters. The van der Waals surface area contributed by atoms with Crippen molar-refractivity contribution in [1.29, 1.82) is 0 Å². The smallest absolute Gasteiger partial charge is 0.337 e. The molecule has 178 valence electrons. The number of amides is 2. The fourth-order valence-corrected chi connectivity index (χ4v) is 4.09. The number of ether oxygens (including phenoxy) is 2. The van der Waals surface area contributed by atoms with Gasteiger partial charge in [0, 0.05) is 22.6 Å². The lowest BCUT2D eigenvalue weighted by molar-refractivity contribution is -0.142. The van der Waals surface area contributed by atoms with Crippen LogP contribution in [0.3, 0.4) is 0 Å². The topological polar surface area (TPSA) is 112 Å². The van der Waals surface area contributed by atoms with Gasteiger partial charge in [-0.3, -0.25) is 24.1 Å². The van der Waals surface area contributed by atoms with Crippen LogP contribution in [0.15, 0.2) is 54.6 Å². The third-order valence-electron chi connectivity index (χ3n) is 5.81. The predicted molar refractivity (Wildman–Crippen MR) is 124 cm³/mol. The second-order valence-corrected chi connectivity index (χ2v) is 7.98. The van der Waals surface area contributed by atoms with Crippen LogP contribution >= 0.6 is 0 Å². The first-order valence-corrected chi connectivity index (χ1v) is 10.7. The molecule has 3 aromatic rings. The Hall–Kier alpha value is -4.53. The van der Waals surface area contributed by atoms with E-state index in [1.807, 2.05) is 11.5 Å². The molecular weight excluding hydrogens is 452 g/mol. The van der Waals surface area contributed by atoms with Crippen molar-refractivity contribution in [2.24, 2.45) is 0 Å². The molecule has 0 saturated heterocycles. The van der Waals surface area contributed by atoms with Gasteiger partial charge in [0.05, 0.1) is 23.8 Å². The maximum atomic E-state index is 12.8. The fraction of sp³-hybridized carbons (Fsp3) is 0.192. The number of esters is 2. The van der Waals surface area contributed by atoms with Crippen molar-refractivity contribution in [1.82, 2.24) is 9.47 Å². The highest BCUT2D eigenvalue weighted by atomic mass is 16.5. The number of Topliss-reactive ketones (excluding diaryl/α,β-unsaturated/α-hetero) is 1. The molecule has 0 unspecified atom stereocenters. The van der Waals surface area contributed by atoms with Crippen LogP contribution in [-0.4, -0.2) is 59.3 Å². The molecule has 1 aliphatic heterocycles.